The van der Waals surface area contributed by atoms with Crippen LogP contribution >= 0.6 is 0 Å². The van der Waals surface area contributed by atoms with Gasteiger partial charge in [0.15, 0.2) is 5.82 Å². The van der Waals surface area contributed by atoms with Gasteiger partial charge in [0.05, 0.1) is 18.0 Å². The fraction of sp³-hybridized carbons (Fsp3) is 0.400. The van der Waals surface area contributed by atoms with Gasteiger partial charge in [0.2, 0.25) is 0 Å². The van der Waals surface area contributed by atoms with Crippen LogP contribution in [0.3, 0.4) is 0 Å². The van der Waals surface area contributed by atoms with Gasteiger partial charge in [-0.05, 0) is 19.9 Å². The maximum atomic E-state index is 5.66. The van der Waals surface area contributed by atoms with Crippen molar-refractivity contribution >= 4 is 5.82 Å². The van der Waals surface area contributed by atoms with E-state index in [2.05, 4.69) is 20.3 Å². The van der Waals surface area contributed by atoms with Crippen molar-refractivity contribution in [1.29, 1.82) is 0 Å². The van der Waals surface area contributed by atoms with Crippen molar-refractivity contribution < 1.29 is 9.47 Å². The second-order valence-corrected chi connectivity index (χ2v) is 4.81. The number of hydrogen-bond donors (Lipinski definition) is 1. The highest BCUT2D eigenvalue weighted by atomic mass is 16.5. The number of pyridine rings is 1. The van der Waals surface area contributed by atoms with Crippen LogP contribution in [0.25, 0.3) is 11.3 Å². The summed E-state index contributed by atoms with van der Waals surface area (Å²) >= 11 is 0. The standard InChI is InChI=1S/C15H20N4O2/c1-10(2)21-12-5-11(7-17-8-12)13-6-14(16-3)19-15(18-13)9-20-4/h5-8,10H,9H2,1-4H3,(H,16,18,19). The number of rotatable bonds is 6. The zero-order valence-electron chi connectivity index (χ0n) is 12.8. The molecule has 0 spiro atoms. The molecule has 112 valence electrons. The lowest BCUT2D eigenvalue weighted by Gasteiger charge is -2.11. The minimum atomic E-state index is 0.101. The zero-order valence-corrected chi connectivity index (χ0v) is 12.8. The van der Waals surface area contributed by atoms with E-state index in [0.29, 0.717) is 12.4 Å². The first-order valence-electron chi connectivity index (χ1n) is 6.79. The Morgan fingerprint density at radius 1 is 1.19 bits per heavy atom. The van der Waals surface area contributed by atoms with Crippen molar-refractivity contribution in [1.82, 2.24) is 15.0 Å². The molecule has 21 heavy (non-hydrogen) atoms. The highest BCUT2D eigenvalue weighted by molar-refractivity contribution is 5.63. The smallest absolute Gasteiger partial charge is 0.157 e. The number of anilines is 1. The molecule has 0 saturated heterocycles. The van der Waals surface area contributed by atoms with Crippen molar-refractivity contribution in [3.63, 3.8) is 0 Å². The van der Waals surface area contributed by atoms with Gasteiger partial charge >= 0.3 is 0 Å². The average molecular weight is 288 g/mol. The Morgan fingerprint density at radius 3 is 2.67 bits per heavy atom. The number of aromatic nitrogens is 3. The van der Waals surface area contributed by atoms with E-state index in [1.54, 1.807) is 19.5 Å². The summed E-state index contributed by atoms with van der Waals surface area (Å²) in [6, 6.07) is 3.79. The Kier molecular flexibility index (Phi) is 5.05. The molecule has 0 aliphatic rings. The van der Waals surface area contributed by atoms with Crippen molar-refractivity contribution in [2.24, 2.45) is 0 Å². The summed E-state index contributed by atoms with van der Waals surface area (Å²) in [4.78, 5) is 13.0. The van der Waals surface area contributed by atoms with Crippen LogP contribution in [0.4, 0.5) is 5.82 Å². The Balaban J connectivity index is 2.38. The van der Waals surface area contributed by atoms with Crippen molar-refractivity contribution in [3.8, 4) is 17.0 Å². The molecule has 0 aliphatic heterocycles. The van der Waals surface area contributed by atoms with Crippen LogP contribution in [0.5, 0.6) is 5.75 Å². The normalized spacial score (nSPS) is 10.7. The number of nitrogens with zero attached hydrogens (tertiary/aromatic N) is 3. The fourth-order valence-corrected chi connectivity index (χ4v) is 1.86. The minimum Gasteiger partial charge on any atom is -0.489 e. The lowest BCUT2D eigenvalue weighted by atomic mass is 10.2. The van der Waals surface area contributed by atoms with Crippen molar-refractivity contribution in [2.75, 3.05) is 19.5 Å². The molecule has 0 amide bonds. The quantitative estimate of drug-likeness (QED) is 0.881. The molecule has 0 saturated carbocycles. The first-order valence-corrected chi connectivity index (χ1v) is 6.79. The SMILES string of the molecule is CNc1cc(-c2cncc(OC(C)C)c2)nc(COC)n1. The Bertz CT molecular complexity index is 602. The number of ether oxygens (including phenoxy) is 2. The summed E-state index contributed by atoms with van der Waals surface area (Å²) in [6.07, 6.45) is 3.55. The van der Waals surface area contributed by atoms with Gasteiger partial charge < -0.3 is 14.8 Å². The maximum Gasteiger partial charge on any atom is 0.157 e. The Labute approximate surface area is 124 Å². The van der Waals surface area contributed by atoms with Crippen LogP contribution in [0.1, 0.15) is 19.7 Å². The van der Waals surface area contributed by atoms with Gasteiger partial charge in [0.1, 0.15) is 18.2 Å². The van der Waals surface area contributed by atoms with Crippen LogP contribution in [0.2, 0.25) is 0 Å². The summed E-state index contributed by atoms with van der Waals surface area (Å²) in [5.41, 5.74) is 1.66. The van der Waals surface area contributed by atoms with Crippen LogP contribution < -0.4 is 10.1 Å². The highest BCUT2D eigenvalue weighted by Crippen LogP contribution is 2.23. The third-order valence-electron chi connectivity index (χ3n) is 2.68. The molecular weight excluding hydrogens is 268 g/mol. The van der Waals surface area contributed by atoms with Crippen LogP contribution in [0.15, 0.2) is 24.5 Å². The van der Waals surface area contributed by atoms with E-state index in [1.165, 1.54) is 0 Å². The molecule has 6 heteroatoms. The molecule has 0 bridgehead atoms. The molecule has 2 heterocycles. The third-order valence-corrected chi connectivity index (χ3v) is 2.68. The van der Waals surface area contributed by atoms with E-state index >= 15 is 0 Å². The van der Waals surface area contributed by atoms with Gasteiger partial charge in [-0.1, -0.05) is 0 Å². The number of hydrogen-bond acceptors (Lipinski definition) is 6. The second-order valence-electron chi connectivity index (χ2n) is 4.81. The van der Waals surface area contributed by atoms with Gasteiger partial charge in [-0.15, -0.1) is 0 Å². The highest BCUT2D eigenvalue weighted by Gasteiger charge is 2.08. The molecule has 1 N–H and O–H groups in total. The first kappa shape index (κ1) is 15.2. The molecule has 0 aliphatic carbocycles. The molecule has 0 atom stereocenters. The third kappa shape index (κ3) is 4.13. The van der Waals surface area contributed by atoms with E-state index in [1.807, 2.05) is 33.0 Å². The van der Waals surface area contributed by atoms with Crippen LogP contribution in [-0.2, 0) is 11.3 Å². The molecular formula is C15H20N4O2. The summed E-state index contributed by atoms with van der Waals surface area (Å²) in [6.45, 7) is 4.32. The van der Waals surface area contributed by atoms with Gasteiger partial charge in [-0.2, -0.15) is 0 Å². The van der Waals surface area contributed by atoms with Gasteiger partial charge in [0.25, 0.3) is 0 Å². The number of methoxy groups -OCH3 is 1. The predicted molar refractivity (Wildman–Crippen MR) is 81.3 cm³/mol. The topological polar surface area (TPSA) is 69.2 Å². The zero-order chi connectivity index (χ0) is 15.2. The van der Waals surface area contributed by atoms with Gasteiger partial charge in [-0.25, -0.2) is 9.97 Å². The lowest BCUT2D eigenvalue weighted by molar-refractivity contribution is 0.178. The molecule has 0 fully saturated rings. The maximum absolute atomic E-state index is 5.66. The molecule has 2 aromatic rings. The first-order chi connectivity index (χ1) is 10.1. The van der Waals surface area contributed by atoms with Crippen molar-refractivity contribution in [2.45, 2.75) is 26.6 Å². The summed E-state index contributed by atoms with van der Waals surface area (Å²) in [7, 11) is 3.44. The lowest BCUT2D eigenvalue weighted by Crippen LogP contribution is -2.06. The molecule has 0 aromatic carbocycles. The van der Waals surface area contributed by atoms with Crippen LogP contribution in [-0.4, -0.2) is 35.2 Å². The fourth-order valence-electron chi connectivity index (χ4n) is 1.86. The molecule has 0 radical (unpaired) electrons. The Hall–Kier alpha value is -2.21. The Morgan fingerprint density at radius 2 is 2.00 bits per heavy atom. The monoisotopic (exact) mass is 288 g/mol. The summed E-state index contributed by atoms with van der Waals surface area (Å²) < 4.78 is 10.8. The largest absolute Gasteiger partial charge is 0.489 e. The molecule has 6 nitrogen and oxygen atoms in total. The molecule has 2 rings (SSSR count). The predicted octanol–water partition coefficient (Wildman–Crippen LogP) is 2.51. The molecule has 0 unspecified atom stereocenters. The van der Waals surface area contributed by atoms with Gasteiger partial charge in [0, 0.05) is 32.0 Å². The average Bonchev–Trinajstić information content (AvgIpc) is 2.47. The summed E-state index contributed by atoms with van der Waals surface area (Å²) in [5.74, 6) is 2.08. The van der Waals surface area contributed by atoms with E-state index in [0.717, 1.165) is 22.8 Å². The van der Waals surface area contributed by atoms with E-state index in [9.17, 15) is 0 Å². The minimum absolute atomic E-state index is 0.101. The van der Waals surface area contributed by atoms with Crippen LogP contribution in [0, 0.1) is 0 Å². The second kappa shape index (κ2) is 6.99. The molecule has 2 aromatic heterocycles. The van der Waals surface area contributed by atoms with E-state index in [4.69, 9.17) is 9.47 Å². The van der Waals surface area contributed by atoms with Crippen molar-refractivity contribution in [3.05, 3.63) is 30.4 Å². The van der Waals surface area contributed by atoms with Gasteiger partial charge in [-0.3, -0.25) is 4.98 Å². The summed E-state index contributed by atoms with van der Waals surface area (Å²) in [5, 5.41) is 3.02. The van der Waals surface area contributed by atoms with E-state index < -0.39 is 0 Å². The number of nitrogens with one attached hydrogen (secondary N) is 1. The van der Waals surface area contributed by atoms with E-state index in [-0.39, 0.29) is 6.10 Å².